The van der Waals surface area contributed by atoms with Gasteiger partial charge in [-0.25, -0.2) is 4.79 Å². The molecule has 0 bridgehead atoms. The highest BCUT2D eigenvalue weighted by molar-refractivity contribution is 6.31. The molecule has 1 amide bonds. The Bertz CT molecular complexity index is 831. The van der Waals surface area contributed by atoms with E-state index in [9.17, 15) is 19.7 Å². The SMILES string of the molecule is O=C(C=Cc1ccc([N+](=O)[O-])cc1)Nc1cc(Cl)ccc1C(=O)O. The number of hydrogen-bond acceptors (Lipinski definition) is 4. The Morgan fingerprint density at radius 2 is 1.83 bits per heavy atom. The van der Waals surface area contributed by atoms with Crippen molar-refractivity contribution in [1.29, 1.82) is 0 Å². The van der Waals surface area contributed by atoms with Crippen LogP contribution < -0.4 is 5.32 Å². The lowest BCUT2D eigenvalue weighted by Gasteiger charge is -2.07. The molecule has 24 heavy (non-hydrogen) atoms. The number of benzene rings is 2. The summed E-state index contributed by atoms with van der Waals surface area (Å²) in [5.41, 5.74) is 0.520. The van der Waals surface area contributed by atoms with Crippen molar-refractivity contribution >= 4 is 40.9 Å². The Balaban J connectivity index is 2.12. The zero-order valence-electron chi connectivity index (χ0n) is 12.1. The number of amides is 1. The summed E-state index contributed by atoms with van der Waals surface area (Å²) in [6.07, 6.45) is 2.64. The largest absolute Gasteiger partial charge is 0.478 e. The Labute approximate surface area is 141 Å². The lowest BCUT2D eigenvalue weighted by molar-refractivity contribution is -0.384. The van der Waals surface area contributed by atoms with Gasteiger partial charge in [0.2, 0.25) is 5.91 Å². The number of carbonyl (C=O) groups is 2. The van der Waals surface area contributed by atoms with Gasteiger partial charge in [0.05, 0.1) is 16.2 Å². The molecule has 0 aliphatic carbocycles. The number of halogens is 1. The fraction of sp³-hybridized carbons (Fsp3) is 0. The summed E-state index contributed by atoms with van der Waals surface area (Å²) in [4.78, 5) is 33.1. The van der Waals surface area contributed by atoms with Crippen molar-refractivity contribution in [3.05, 3.63) is 74.8 Å². The van der Waals surface area contributed by atoms with E-state index in [4.69, 9.17) is 16.7 Å². The van der Waals surface area contributed by atoms with E-state index in [1.165, 1.54) is 54.6 Å². The molecule has 0 saturated carbocycles. The van der Waals surface area contributed by atoms with Gasteiger partial charge in [-0.2, -0.15) is 0 Å². The third-order valence-electron chi connectivity index (χ3n) is 3.00. The Kier molecular flexibility index (Phi) is 5.28. The minimum Gasteiger partial charge on any atom is -0.478 e. The lowest BCUT2D eigenvalue weighted by atomic mass is 10.1. The zero-order chi connectivity index (χ0) is 17.7. The Hall–Kier alpha value is -3.19. The summed E-state index contributed by atoms with van der Waals surface area (Å²) >= 11 is 5.80. The van der Waals surface area contributed by atoms with Crippen LogP contribution in [0.2, 0.25) is 5.02 Å². The van der Waals surface area contributed by atoms with Gasteiger partial charge in [0.15, 0.2) is 0 Å². The fourth-order valence-electron chi connectivity index (χ4n) is 1.86. The number of nitro benzene ring substituents is 1. The average Bonchev–Trinajstić information content (AvgIpc) is 2.53. The highest BCUT2D eigenvalue weighted by Crippen LogP contribution is 2.21. The number of nitrogens with zero attached hydrogens (tertiary/aromatic N) is 1. The first kappa shape index (κ1) is 17.2. The van der Waals surface area contributed by atoms with E-state index in [1.54, 1.807) is 0 Å². The van der Waals surface area contributed by atoms with Crippen LogP contribution in [-0.2, 0) is 4.79 Å². The van der Waals surface area contributed by atoms with Gasteiger partial charge in [-0.3, -0.25) is 14.9 Å². The first-order valence-corrected chi connectivity index (χ1v) is 7.01. The maximum absolute atomic E-state index is 11.9. The molecule has 0 spiro atoms. The highest BCUT2D eigenvalue weighted by atomic mass is 35.5. The monoisotopic (exact) mass is 346 g/mol. The third kappa shape index (κ3) is 4.40. The molecule has 0 aliphatic heterocycles. The van der Waals surface area contributed by atoms with Crippen molar-refractivity contribution < 1.29 is 19.6 Å². The minimum absolute atomic E-state index is 0.0540. The molecule has 7 nitrogen and oxygen atoms in total. The number of carbonyl (C=O) groups excluding carboxylic acids is 1. The number of hydrogen-bond donors (Lipinski definition) is 2. The van der Waals surface area contributed by atoms with Gasteiger partial charge in [-0.05, 0) is 42.0 Å². The van der Waals surface area contributed by atoms with E-state index in [2.05, 4.69) is 5.32 Å². The maximum atomic E-state index is 11.9. The molecule has 0 radical (unpaired) electrons. The van der Waals surface area contributed by atoms with Crippen LogP contribution in [0.1, 0.15) is 15.9 Å². The van der Waals surface area contributed by atoms with Crippen LogP contribution in [0.4, 0.5) is 11.4 Å². The normalized spacial score (nSPS) is 10.5. The van der Waals surface area contributed by atoms with E-state index < -0.39 is 16.8 Å². The van der Waals surface area contributed by atoms with E-state index in [0.717, 1.165) is 0 Å². The van der Waals surface area contributed by atoms with Crippen molar-refractivity contribution in [3.8, 4) is 0 Å². The minimum atomic E-state index is -1.19. The summed E-state index contributed by atoms with van der Waals surface area (Å²) in [6.45, 7) is 0. The molecule has 0 unspecified atom stereocenters. The number of carboxylic acids is 1. The van der Waals surface area contributed by atoms with E-state index >= 15 is 0 Å². The molecular weight excluding hydrogens is 336 g/mol. The number of nitro groups is 1. The summed E-state index contributed by atoms with van der Waals surface area (Å²) in [5, 5.41) is 22.4. The molecule has 0 aromatic heterocycles. The van der Waals surface area contributed by atoms with Gasteiger partial charge in [0, 0.05) is 23.2 Å². The molecular formula is C16H11ClN2O5. The van der Waals surface area contributed by atoms with E-state index in [1.807, 2.05) is 0 Å². The first-order valence-electron chi connectivity index (χ1n) is 6.63. The number of rotatable bonds is 5. The maximum Gasteiger partial charge on any atom is 0.337 e. The molecule has 0 aliphatic rings. The molecule has 8 heteroatoms. The highest BCUT2D eigenvalue weighted by Gasteiger charge is 2.12. The van der Waals surface area contributed by atoms with Crippen LogP contribution >= 0.6 is 11.6 Å². The van der Waals surface area contributed by atoms with Gasteiger partial charge in [0.1, 0.15) is 0 Å². The number of carboxylic acid groups (broad SMARTS) is 1. The predicted octanol–water partition coefficient (Wildman–Crippen LogP) is 3.60. The second kappa shape index (κ2) is 7.38. The molecule has 122 valence electrons. The van der Waals surface area contributed by atoms with Crippen molar-refractivity contribution in [2.45, 2.75) is 0 Å². The van der Waals surface area contributed by atoms with Crippen LogP contribution in [0.3, 0.4) is 0 Å². The molecule has 0 atom stereocenters. The molecule has 2 N–H and O–H groups in total. The molecule has 2 rings (SSSR count). The van der Waals surface area contributed by atoms with Gasteiger partial charge in [-0.15, -0.1) is 0 Å². The Morgan fingerprint density at radius 1 is 1.17 bits per heavy atom. The third-order valence-corrected chi connectivity index (χ3v) is 3.24. The molecule has 0 heterocycles. The van der Waals surface area contributed by atoms with Crippen LogP contribution in [-0.4, -0.2) is 21.9 Å². The summed E-state index contributed by atoms with van der Waals surface area (Å²) in [6, 6.07) is 9.65. The van der Waals surface area contributed by atoms with Crippen molar-refractivity contribution in [3.63, 3.8) is 0 Å². The lowest BCUT2D eigenvalue weighted by Crippen LogP contribution is -2.12. The zero-order valence-corrected chi connectivity index (χ0v) is 12.9. The number of anilines is 1. The van der Waals surface area contributed by atoms with E-state index in [0.29, 0.717) is 5.56 Å². The second-order valence-corrected chi connectivity index (χ2v) is 5.10. The number of aromatic carboxylic acids is 1. The van der Waals surface area contributed by atoms with Crippen LogP contribution in [0, 0.1) is 10.1 Å². The summed E-state index contributed by atoms with van der Waals surface area (Å²) in [7, 11) is 0. The molecule has 2 aromatic carbocycles. The van der Waals surface area contributed by atoms with Crippen LogP contribution in [0.15, 0.2) is 48.5 Å². The number of non-ortho nitro benzene ring substituents is 1. The first-order chi connectivity index (χ1) is 11.4. The average molecular weight is 347 g/mol. The molecule has 2 aromatic rings. The van der Waals surface area contributed by atoms with Crippen LogP contribution in [0.25, 0.3) is 6.08 Å². The standard InChI is InChI=1S/C16H11ClN2O5/c17-11-4-7-13(16(21)22)14(9-11)18-15(20)8-3-10-1-5-12(6-2-10)19(23)24/h1-9H,(H,18,20)(H,21,22). The summed E-state index contributed by atoms with van der Waals surface area (Å²) in [5.74, 6) is -1.75. The smallest absolute Gasteiger partial charge is 0.337 e. The van der Waals surface area contributed by atoms with Crippen LogP contribution in [0.5, 0.6) is 0 Å². The summed E-state index contributed by atoms with van der Waals surface area (Å²) < 4.78 is 0. The molecule has 0 saturated heterocycles. The molecule has 0 fully saturated rings. The topological polar surface area (TPSA) is 110 Å². The van der Waals surface area contributed by atoms with Gasteiger partial charge in [-0.1, -0.05) is 11.6 Å². The van der Waals surface area contributed by atoms with Gasteiger partial charge in [0.25, 0.3) is 5.69 Å². The second-order valence-electron chi connectivity index (χ2n) is 4.67. The predicted molar refractivity (Wildman–Crippen MR) is 89.2 cm³/mol. The fourth-order valence-corrected chi connectivity index (χ4v) is 2.03. The number of nitrogens with one attached hydrogen (secondary N) is 1. The van der Waals surface area contributed by atoms with Crippen molar-refractivity contribution in [2.24, 2.45) is 0 Å². The van der Waals surface area contributed by atoms with Gasteiger partial charge >= 0.3 is 5.97 Å². The van der Waals surface area contributed by atoms with Crippen molar-refractivity contribution in [2.75, 3.05) is 5.32 Å². The van der Waals surface area contributed by atoms with Gasteiger partial charge < -0.3 is 10.4 Å². The van der Waals surface area contributed by atoms with Crippen molar-refractivity contribution in [1.82, 2.24) is 0 Å². The Morgan fingerprint density at radius 3 is 2.42 bits per heavy atom. The quantitative estimate of drug-likeness (QED) is 0.488. The van der Waals surface area contributed by atoms with E-state index in [-0.39, 0.29) is 22.0 Å².